The number of hydrogen-bond donors (Lipinski definition) is 2. The van der Waals surface area contributed by atoms with Crippen LogP contribution in [0.4, 0.5) is 0 Å². The van der Waals surface area contributed by atoms with Gasteiger partial charge in [0.05, 0.1) is 5.69 Å². The van der Waals surface area contributed by atoms with Crippen LogP contribution in [0, 0.1) is 5.92 Å². The molecule has 0 amide bonds. The maximum Gasteiger partial charge on any atom is 0.137 e. The van der Waals surface area contributed by atoms with Gasteiger partial charge < -0.3 is 15.5 Å². The summed E-state index contributed by atoms with van der Waals surface area (Å²) in [7, 11) is 0. The van der Waals surface area contributed by atoms with E-state index in [1.165, 1.54) is 18.5 Å². The second-order valence-electron chi connectivity index (χ2n) is 5.08. The van der Waals surface area contributed by atoms with Crippen molar-refractivity contribution in [3.63, 3.8) is 0 Å². The van der Waals surface area contributed by atoms with Crippen LogP contribution in [-0.4, -0.2) is 22.5 Å². The highest BCUT2D eigenvalue weighted by Gasteiger charge is 2.15. The molecule has 0 aromatic carbocycles. The Labute approximate surface area is 107 Å². The molecule has 2 aromatic heterocycles. The molecule has 3 N–H and O–H groups in total. The van der Waals surface area contributed by atoms with Crippen LogP contribution < -0.4 is 11.1 Å². The molecule has 0 aliphatic carbocycles. The van der Waals surface area contributed by atoms with Crippen LogP contribution in [0.25, 0.3) is 5.65 Å². The van der Waals surface area contributed by atoms with E-state index in [1.807, 2.05) is 12.1 Å². The first-order chi connectivity index (χ1) is 8.86. The van der Waals surface area contributed by atoms with Crippen molar-refractivity contribution < 1.29 is 0 Å². The lowest BCUT2D eigenvalue weighted by atomic mass is 9.93. The summed E-state index contributed by atoms with van der Waals surface area (Å²) in [6, 6.07) is 6.13. The molecular weight excluding hydrogens is 224 g/mol. The summed E-state index contributed by atoms with van der Waals surface area (Å²) < 4.78 is 2.12. The molecule has 1 fully saturated rings. The van der Waals surface area contributed by atoms with Crippen LogP contribution in [0.2, 0.25) is 0 Å². The first-order valence-corrected chi connectivity index (χ1v) is 6.73. The van der Waals surface area contributed by atoms with Gasteiger partial charge >= 0.3 is 0 Å². The molecule has 0 saturated carbocycles. The predicted molar refractivity (Wildman–Crippen MR) is 72.4 cm³/mol. The molecule has 2 aromatic rings. The number of nitrogens with zero attached hydrogens (tertiary/aromatic N) is 2. The van der Waals surface area contributed by atoms with Gasteiger partial charge in [0.15, 0.2) is 0 Å². The molecule has 0 atom stereocenters. The molecule has 0 unspecified atom stereocenters. The van der Waals surface area contributed by atoms with Crippen molar-refractivity contribution in [1.82, 2.24) is 14.7 Å². The van der Waals surface area contributed by atoms with Crippen LogP contribution in [0.15, 0.2) is 24.4 Å². The van der Waals surface area contributed by atoms with Crippen molar-refractivity contribution in [2.45, 2.75) is 25.8 Å². The summed E-state index contributed by atoms with van der Waals surface area (Å²) in [5, 5.41) is 3.40. The molecule has 18 heavy (non-hydrogen) atoms. The third-order valence-electron chi connectivity index (χ3n) is 3.79. The lowest BCUT2D eigenvalue weighted by Gasteiger charge is -2.21. The normalized spacial score (nSPS) is 17.4. The van der Waals surface area contributed by atoms with Crippen molar-refractivity contribution in [3.05, 3.63) is 35.8 Å². The molecule has 0 bridgehead atoms. The fraction of sp³-hybridized carbons (Fsp3) is 0.500. The number of aromatic nitrogens is 2. The fourth-order valence-corrected chi connectivity index (χ4v) is 2.76. The van der Waals surface area contributed by atoms with Crippen molar-refractivity contribution in [2.24, 2.45) is 11.7 Å². The molecule has 96 valence electrons. The highest BCUT2D eigenvalue weighted by Crippen LogP contribution is 2.18. The molecule has 0 radical (unpaired) electrons. The Kier molecular flexibility index (Phi) is 3.30. The number of rotatable bonds is 3. The quantitative estimate of drug-likeness (QED) is 0.856. The first-order valence-electron chi connectivity index (χ1n) is 6.73. The Bertz CT molecular complexity index is 526. The molecule has 1 aliphatic heterocycles. The van der Waals surface area contributed by atoms with Crippen molar-refractivity contribution in [1.29, 1.82) is 0 Å². The van der Waals surface area contributed by atoms with E-state index in [0.29, 0.717) is 6.54 Å². The fourth-order valence-electron chi connectivity index (χ4n) is 2.76. The van der Waals surface area contributed by atoms with E-state index >= 15 is 0 Å². The van der Waals surface area contributed by atoms with Crippen LogP contribution in [0.1, 0.15) is 24.2 Å². The number of pyridine rings is 1. The van der Waals surface area contributed by atoms with Crippen LogP contribution in [-0.2, 0) is 13.0 Å². The van der Waals surface area contributed by atoms with E-state index in [1.54, 1.807) is 0 Å². The number of piperidine rings is 1. The molecule has 4 heteroatoms. The number of nitrogens with two attached hydrogens (primary N) is 1. The van der Waals surface area contributed by atoms with Crippen molar-refractivity contribution >= 4 is 5.65 Å². The minimum Gasteiger partial charge on any atom is -0.325 e. The van der Waals surface area contributed by atoms with Gasteiger partial charge in [0.2, 0.25) is 0 Å². The summed E-state index contributed by atoms with van der Waals surface area (Å²) >= 11 is 0. The highest BCUT2D eigenvalue weighted by atomic mass is 15.0. The summed E-state index contributed by atoms with van der Waals surface area (Å²) in [6.45, 7) is 2.85. The lowest BCUT2D eigenvalue weighted by Crippen LogP contribution is -2.28. The van der Waals surface area contributed by atoms with Crippen molar-refractivity contribution in [2.75, 3.05) is 13.1 Å². The Morgan fingerprint density at radius 3 is 2.94 bits per heavy atom. The second kappa shape index (κ2) is 5.08. The van der Waals surface area contributed by atoms with Crippen LogP contribution >= 0.6 is 0 Å². The Morgan fingerprint density at radius 1 is 1.33 bits per heavy atom. The smallest absolute Gasteiger partial charge is 0.137 e. The predicted octanol–water partition coefficient (Wildman–Crippen LogP) is 1.34. The number of nitrogens with one attached hydrogen (secondary N) is 1. The van der Waals surface area contributed by atoms with Gasteiger partial charge in [-0.1, -0.05) is 6.07 Å². The second-order valence-corrected chi connectivity index (χ2v) is 5.08. The number of fused-ring (bicyclic) bond motifs is 1. The average molecular weight is 244 g/mol. The zero-order valence-corrected chi connectivity index (χ0v) is 10.6. The Hall–Kier alpha value is -1.39. The summed E-state index contributed by atoms with van der Waals surface area (Å²) in [5.74, 6) is 0.775. The standard InChI is InChI=1S/C14H20N4/c15-9-13-2-1-3-14-17-12(10-18(13)14)8-11-4-6-16-7-5-11/h1-3,10-11,16H,4-9,15H2. The first kappa shape index (κ1) is 11.7. The molecule has 1 aliphatic rings. The van der Waals surface area contributed by atoms with E-state index in [-0.39, 0.29) is 0 Å². The monoisotopic (exact) mass is 244 g/mol. The number of hydrogen-bond acceptors (Lipinski definition) is 3. The van der Waals surface area contributed by atoms with Gasteiger partial charge in [0.1, 0.15) is 5.65 Å². The van der Waals surface area contributed by atoms with Gasteiger partial charge in [0.25, 0.3) is 0 Å². The van der Waals surface area contributed by atoms with E-state index < -0.39 is 0 Å². The maximum atomic E-state index is 5.75. The van der Waals surface area contributed by atoms with Gasteiger partial charge in [0, 0.05) is 18.4 Å². The summed E-state index contributed by atoms with van der Waals surface area (Å²) in [6.07, 6.45) is 5.77. The highest BCUT2D eigenvalue weighted by molar-refractivity contribution is 5.41. The molecule has 3 heterocycles. The summed E-state index contributed by atoms with van der Waals surface area (Å²) in [5.41, 5.74) is 9.09. The molecule has 0 spiro atoms. The largest absolute Gasteiger partial charge is 0.325 e. The van der Waals surface area contributed by atoms with E-state index in [4.69, 9.17) is 10.7 Å². The number of imidazole rings is 1. The minimum atomic E-state index is 0.556. The molecule has 3 rings (SSSR count). The SMILES string of the molecule is NCc1cccc2nc(CC3CCNCC3)cn12. The van der Waals surface area contributed by atoms with E-state index in [9.17, 15) is 0 Å². The van der Waals surface area contributed by atoms with E-state index in [0.717, 1.165) is 36.8 Å². The van der Waals surface area contributed by atoms with Gasteiger partial charge in [-0.05, 0) is 50.4 Å². The minimum absolute atomic E-state index is 0.556. The van der Waals surface area contributed by atoms with Gasteiger partial charge in [-0.25, -0.2) is 4.98 Å². The van der Waals surface area contributed by atoms with Gasteiger partial charge in [-0.2, -0.15) is 0 Å². The van der Waals surface area contributed by atoms with Crippen molar-refractivity contribution in [3.8, 4) is 0 Å². The van der Waals surface area contributed by atoms with Crippen LogP contribution in [0.5, 0.6) is 0 Å². The van der Waals surface area contributed by atoms with Gasteiger partial charge in [-0.15, -0.1) is 0 Å². The molecule has 4 nitrogen and oxygen atoms in total. The Balaban J connectivity index is 1.84. The zero-order valence-electron chi connectivity index (χ0n) is 10.6. The third-order valence-corrected chi connectivity index (χ3v) is 3.79. The third kappa shape index (κ3) is 2.26. The van der Waals surface area contributed by atoms with Gasteiger partial charge in [-0.3, -0.25) is 0 Å². The summed E-state index contributed by atoms with van der Waals surface area (Å²) in [4.78, 5) is 4.70. The average Bonchev–Trinajstić information content (AvgIpc) is 2.82. The van der Waals surface area contributed by atoms with E-state index in [2.05, 4.69) is 22.0 Å². The maximum absolute atomic E-state index is 5.75. The topological polar surface area (TPSA) is 55.3 Å². The Morgan fingerprint density at radius 2 is 2.17 bits per heavy atom. The lowest BCUT2D eigenvalue weighted by molar-refractivity contribution is 0.370. The molecule has 1 saturated heterocycles. The van der Waals surface area contributed by atoms with Crippen LogP contribution in [0.3, 0.4) is 0 Å². The molecular formula is C14H20N4. The zero-order chi connectivity index (χ0) is 12.4.